The fourth-order valence-electron chi connectivity index (χ4n) is 7.80. The normalized spacial score (nSPS) is 12.1. The number of rotatable bonds is 22. The Kier molecular flexibility index (Phi) is 43.3. The van der Waals surface area contributed by atoms with Gasteiger partial charge >= 0.3 is 17.9 Å². The molecule has 704 valence electrons. The molecule has 0 saturated heterocycles. The van der Waals surface area contributed by atoms with Crippen molar-refractivity contribution in [3.63, 3.8) is 0 Å². The van der Waals surface area contributed by atoms with Crippen LogP contribution in [-0.4, -0.2) is 191 Å². The zero-order valence-electron chi connectivity index (χ0n) is 64.4. The number of nitrogens with zero attached hydrogens (tertiary/aromatic N) is 4. The van der Waals surface area contributed by atoms with E-state index in [0.717, 1.165) is 105 Å². The summed E-state index contributed by atoms with van der Waals surface area (Å²) >= 11 is 15.7. The number of carbonyl (C=O) groups is 5. The number of carboxylic acids is 1. The average Bonchev–Trinajstić information content (AvgIpc) is 0.774. The van der Waals surface area contributed by atoms with E-state index < -0.39 is 191 Å². The van der Waals surface area contributed by atoms with Gasteiger partial charge in [-0.1, -0.05) is 23.2 Å². The molecule has 25 N–H and O–H groups in total. The van der Waals surface area contributed by atoms with Gasteiger partial charge in [0, 0.05) is 69.8 Å². The lowest BCUT2D eigenvalue weighted by molar-refractivity contribution is -0.385. The lowest BCUT2D eigenvalue weighted by atomic mass is 10.2. The van der Waals surface area contributed by atoms with Crippen LogP contribution >= 0.6 is 45.5 Å². The molecule has 8 rings (SSSR count). The molecule has 0 radical (unpaired) electrons. The quantitative estimate of drug-likeness (QED) is 0.00847. The van der Waals surface area contributed by atoms with Gasteiger partial charge in [-0.05, 0) is 103 Å². The molecule has 1 aliphatic heterocycles. The Balaban J connectivity index is 0.00000144. The number of hydrogen-bond acceptors (Lipinski definition) is 40. The Morgan fingerprint density at radius 2 is 0.795 bits per heavy atom. The predicted molar refractivity (Wildman–Crippen MR) is 459 cm³/mol. The standard InChI is InChI=1S/C11H15N3O7S2.C10H11N3O6S2.C7H11N3O4S2.C6H5ClN2O4S.C6H4ClNO5S.C6H7N3O4S.C6H9N3O2S.C4H5ClO3.CH3ClO2S/c1-21-11(16)6-10(15)13-8-4-3-7(14-22(2,17)18)5-9(8)23(12,19)20;1-20(16,17)12-6-2-3-7-8(4-6)21(18,19)13-9(11-7)5-10(14)15;1-15(11,12)10-5-2-3-6(8)7(4-5)16(9,13)14;7-5-2-1-4(9(10)11)3-6(5)14(8,12)13;7-5-2-1-4(8(9)10)3-6(5)14(11,12)13;7-5-2-1-4(9(10)11)3-6(5)14(8,12)13;7-4-1-2-5(8)6(3-4)12(9,10)11;1-8-4(7)2-3(5)6;1-5(2,3)4/h3-5,14H,6H2,1-2H3,(H,13,15)(H2,12,19,20);2-4,12H,5H2,1H3,(H,11,13)(H,14,15);2-4,10H,8H2,1H3,(H2,9,13,14);1-3H,(H2,8,12,13);1-3H,(H,11,12,13);1-3H,7H2,(H2,8,12,13);1-3H,7-8H2,(H2,9,10,11);2H2,1H3;1H3. The minimum atomic E-state index is -4.53. The number of aliphatic carboxylic acids is 1. The van der Waals surface area contributed by atoms with E-state index in [1.165, 1.54) is 55.6 Å². The molecular formula is C57H70Cl4N18O37S11. The highest BCUT2D eigenvalue weighted by Crippen LogP contribution is 2.33. The van der Waals surface area contributed by atoms with Crippen LogP contribution in [0.5, 0.6) is 0 Å². The summed E-state index contributed by atoms with van der Waals surface area (Å²) in [6.07, 6.45) is 2.15. The van der Waals surface area contributed by atoms with E-state index in [-0.39, 0.29) is 93.9 Å². The largest absolute Gasteiger partial charge is 0.481 e. The number of non-ortho nitro benzene ring substituents is 3. The van der Waals surface area contributed by atoms with Crippen molar-refractivity contribution >= 4 is 258 Å². The number of anilines is 9. The minimum Gasteiger partial charge on any atom is -0.481 e. The maximum absolute atomic E-state index is 12.0. The number of primary sulfonamides is 5. The first-order valence-corrected chi connectivity index (χ1v) is 51.4. The van der Waals surface area contributed by atoms with E-state index in [2.05, 4.69) is 49.4 Å². The predicted octanol–water partition coefficient (Wildman–Crippen LogP) is 0.753. The van der Waals surface area contributed by atoms with Crippen LogP contribution in [0.2, 0.25) is 10.0 Å². The molecule has 55 nitrogen and oxygen atoms in total. The van der Waals surface area contributed by atoms with E-state index >= 15 is 0 Å². The molecule has 0 spiro atoms. The third-order valence-electron chi connectivity index (χ3n) is 12.6. The number of nitrogens with two attached hydrogens (primary N) is 9. The summed E-state index contributed by atoms with van der Waals surface area (Å²) in [5, 5.41) is 67.7. The number of nitro benzene ring substituents is 3. The Morgan fingerprint density at radius 1 is 0.472 bits per heavy atom. The van der Waals surface area contributed by atoms with Gasteiger partial charge in [0.05, 0.1) is 92.5 Å². The van der Waals surface area contributed by atoms with Gasteiger partial charge in [0.2, 0.25) is 100 Å². The highest BCUT2D eigenvalue weighted by atomic mass is 35.7. The number of sulfonamides is 9. The maximum atomic E-state index is 12.0. The minimum absolute atomic E-state index is 0.0402. The number of hydrogen-bond donors (Lipinski definition) is 16. The van der Waals surface area contributed by atoms with Crippen LogP contribution in [0.4, 0.5) is 68.2 Å². The second kappa shape index (κ2) is 47.5. The lowest BCUT2D eigenvalue weighted by Gasteiger charge is -2.18. The fraction of sp³-hybridized carbons (Fsp3) is 0.158. The second-order valence-corrected chi connectivity index (χ2v) is 43.5. The number of halogens is 4. The lowest BCUT2D eigenvalue weighted by Crippen LogP contribution is -2.24. The summed E-state index contributed by atoms with van der Waals surface area (Å²) in [6.45, 7) is 0. The third kappa shape index (κ3) is 46.2. The third-order valence-corrected chi connectivity index (χ3v) is 22.5. The van der Waals surface area contributed by atoms with E-state index in [1.807, 2.05) is 0 Å². The smallest absolute Gasteiger partial charge is 0.315 e. The first-order chi connectivity index (χ1) is 57.1. The van der Waals surface area contributed by atoms with E-state index in [9.17, 15) is 147 Å². The monoisotopic (exact) mass is 2090 g/mol. The molecule has 7 aromatic carbocycles. The Bertz CT molecular complexity index is 6570. The van der Waals surface area contributed by atoms with Gasteiger partial charge < -0.3 is 48.1 Å². The Labute approximate surface area is 741 Å². The fourth-order valence-corrected chi connectivity index (χ4v) is 15.6. The number of nitrogens with one attached hydrogen (secondary N) is 5. The number of benzene rings is 7. The van der Waals surface area contributed by atoms with Crippen LogP contribution in [0.15, 0.2) is 166 Å². The van der Waals surface area contributed by atoms with Crippen LogP contribution in [-0.2, 0) is 143 Å². The zero-order valence-corrected chi connectivity index (χ0v) is 76.4. The molecule has 1 amide bonds. The number of nitrogen functional groups attached to an aromatic ring is 4. The van der Waals surface area contributed by atoms with Crippen molar-refractivity contribution in [2.75, 3.05) is 87.0 Å². The molecule has 0 saturated carbocycles. The number of nitro groups is 3. The number of amides is 1. The molecule has 1 heterocycles. The van der Waals surface area contributed by atoms with Crippen molar-refractivity contribution in [3.8, 4) is 0 Å². The molecule has 0 aliphatic carbocycles. The summed E-state index contributed by atoms with van der Waals surface area (Å²) in [4.78, 5) is 79.1. The Morgan fingerprint density at radius 3 is 1.15 bits per heavy atom. The van der Waals surface area contributed by atoms with Crippen LogP contribution < -0.4 is 73.4 Å². The summed E-state index contributed by atoms with van der Waals surface area (Å²) in [5.41, 5.74) is 20.5. The van der Waals surface area contributed by atoms with Gasteiger partial charge in [0.1, 0.15) is 59.4 Å². The van der Waals surface area contributed by atoms with Crippen molar-refractivity contribution in [2.24, 2.45) is 30.1 Å². The second-order valence-electron chi connectivity index (χ2n) is 23.3. The number of carboxylic acid groups (broad SMARTS) is 1. The SMILES string of the molecule is COC(=O)CC(=O)Cl.COC(=O)CC(=O)Nc1ccc(NS(C)(=O)=O)cc1S(N)(=O)=O.CS(=O)(=O)Cl.CS(=O)(=O)Nc1ccc(N)c(S(N)(=O)=O)c1.CS(=O)(=O)Nc1ccc2c(c1)S(=O)(=O)N=C(CC(=O)O)N2.NS(=O)(=O)c1cc([N+](=O)[O-])ccc1Cl.Nc1ccc(N)c(S(N)(=O)=O)c1.Nc1ccc([N+](=O)[O-])cc1S(N)(=O)=O.O=[N+]([O-])c1ccc(Cl)c(S(=O)(=O)O)c1. The number of amidine groups is 1. The first-order valence-electron chi connectivity index (χ1n) is 31.3. The van der Waals surface area contributed by atoms with Gasteiger partial charge in [-0.15, -0.1) is 4.40 Å². The van der Waals surface area contributed by atoms with Gasteiger partial charge in [-0.2, -0.15) is 16.8 Å². The summed E-state index contributed by atoms with van der Waals surface area (Å²) in [7, 11) is -35.7. The van der Waals surface area contributed by atoms with E-state index in [0.29, 0.717) is 11.8 Å². The van der Waals surface area contributed by atoms with E-state index in [1.54, 1.807) is 0 Å². The van der Waals surface area contributed by atoms with Crippen molar-refractivity contribution in [1.82, 2.24) is 0 Å². The molecule has 0 bridgehead atoms. The molecule has 0 unspecified atom stereocenters. The summed E-state index contributed by atoms with van der Waals surface area (Å²) < 4.78 is 268. The maximum Gasteiger partial charge on any atom is 0.315 e. The summed E-state index contributed by atoms with van der Waals surface area (Å²) in [5.74, 6) is -3.67. The van der Waals surface area contributed by atoms with E-state index in [4.69, 9.17) is 93.1 Å². The molecule has 0 fully saturated rings. The number of esters is 2. The molecule has 0 aromatic heterocycles. The van der Waals surface area contributed by atoms with Gasteiger partial charge in [-0.25, -0.2) is 101 Å². The first kappa shape index (κ1) is 116. The zero-order chi connectivity index (χ0) is 99.4. The number of methoxy groups -OCH3 is 2. The highest BCUT2D eigenvalue weighted by molar-refractivity contribution is 8.13. The van der Waals surface area contributed by atoms with Crippen molar-refractivity contribution in [3.05, 3.63) is 168 Å². The number of carbonyl (C=O) groups excluding carboxylic acids is 4. The molecule has 70 heteroatoms. The average molecular weight is 2090 g/mol. The Hall–Kier alpha value is -11.3. The molecular weight excluding hydrogens is 2020 g/mol. The topological polar surface area (TPSA) is 956 Å². The van der Waals surface area contributed by atoms with Crippen LogP contribution in [0.25, 0.3) is 0 Å². The van der Waals surface area contributed by atoms with Crippen LogP contribution in [0.1, 0.15) is 19.3 Å². The van der Waals surface area contributed by atoms with Crippen LogP contribution in [0, 0.1) is 30.3 Å². The molecule has 7 aromatic rings. The van der Waals surface area contributed by atoms with Crippen molar-refractivity contribution < 1.29 is 150 Å². The molecule has 127 heavy (non-hydrogen) atoms. The molecule has 1 aliphatic rings. The summed E-state index contributed by atoms with van der Waals surface area (Å²) in [6, 6.07) is 23.7. The van der Waals surface area contributed by atoms with Gasteiger partial charge in [-0.3, -0.25) is 73.0 Å². The van der Waals surface area contributed by atoms with Gasteiger partial charge in [0.25, 0.3) is 37.2 Å². The van der Waals surface area contributed by atoms with Crippen LogP contribution in [0.3, 0.4) is 0 Å². The van der Waals surface area contributed by atoms with Gasteiger partial charge in [0.15, 0.2) is 0 Å². The molecule has 0 atom stereocenters. The number of ether oxygens (including phenoxy) is 2. The van der Waals surface area contributed by atoms with Crippen molar-refractivity contribution in [2.45, 2.75) is 53.5 Å². The van der Waals surface area contributed by atoms with Crippen molar-refractivity contribution in [1.29, 1.82) is 0 Å². The number of fused-ring (bicyclic) bond motifs is 1. The highest BCUT2D eigenvalue weighted by Gasteiger charge is 2.28.